The molecule has 1 aromatic heterocycles. The number of hydrogen-bond acceptors (Lipinski definition) is 1. The Hall–Kier alpha value is -5.76. The summed E-state index contributed by atoms with van der Waals surface area (Å²) in [5, 5.41) is 10.9. The van der Waals surface area contributed by atoms with Gasteiger partial charge in [-0.05, 0) is 135 Å². The summed E-state index contributed by atoms with van der Waals surface area (Å²) in [6.07, 6.45) is 7.67. The van der Waals surface area contributed by atoms with E-state index in [9.17, 15) is 0 Å². The molecule has 3 aliphatic carbocycles. The van der Waals surface area contributed by atoms with Gasteiger partial charge in [0.05, 0.1) is 0 Å². The van der Waals surface area contributed by atoms with Crippen LogP contribution in [-0.4, -0.2) is 0 Å². The highest BCUT2D eigenvalue weighted by atomic mass is 32.1. The van der Waals surface area contributed by atoms with Gasteiger partial charge in [0.2, 0.25) is 0 Å². The first-order valence-electron chi connectivity index (χ1n) is 22.3. The van der Waals surface area contributed by atoms with Gasteiger partial charge in [-0.1, -0.05) is 183 Å². The van der Waals surface area contributed by atoms with Gasteiger partial charge in [-0.25, -0.2) is 0 Å². The molecular formula is C60H52S. The van der Waals surface area contributed by atoms with Crippen molar-refractivity contribution in [2.24, 2.45) is 11.8 Å². The highest BCUT2D eigenvalue weighted by molar-refractivity contribution is 7.26. The molecule has 1 heteroatoms. The molecule has 298 valence electrons. The number of allylic oxidation sites excluding steroid dienone is 4. The molecule has 9 aromatic rings. The molecule has 12 rings (SSSR count). The van der Waals surface area contributed by atoms with Crippen molar-refractivity contribution in [3.8, 4) is 11.1 Å². The second-order valence-electron chi connectivity index (χ2n) is 20.5. The van der Waals surface area contributed by atoms with Crippen molar-refractivity contribution >= 4 is 69.4 Å². The SMILES string of the molecule is CC1(C)c2ccccc2C(C)(C)c2cc3c(cc21)c1ccccc1c1cc2c(cc31)C(C)(C)C1C=CC(c3ccccc3-c3cccc4c3sc3ccccc34)=CC1C2(C)C. The minimum atomic E-state index is -0.115. The smallest absolute Gasteiger partial charge is 0.0434 e. The van der Waals surface area contributed by atoms with E-state index < -0.39 is 0 Å². The molecule has 61 heavy (non-hydrogen) atoms. The fourth-order valence-electron chi connectivity index (χ4n) is 12.5. The first kappa shape index (κ1) is 37.0. The van der Waals surface area contributed by atoms with Crippen molar-refractivity contribution < 1.29 is 0 Å². The van der Waals surface area contributed by atoms with Gasteiger partial charge >= 0.3 is 0 Å². The van der Waals surface area contributed by atoms with Crippen LogP contribution < -0.4 is 0 Å². The third kappa shape index (κ3) is 4.93. The van der Waals surface area contributed by atoms with E-state index in [4.69, 9.17) is 0 Å². The quantitative estimate of drug-likeness (QED) is 0.153. The van der Waals surface area contributed by atoms with E-state index in [1.165, 1.54) is 108 Å². The maximum absolute atomic E-state index is 2.65. The molecule has 0 saturated heterocycles. The number of hydrogen-bond donors (Lipinski definition) is 0. The van der Waals surface area contributed by atoms with Crippen molar-refractivity contribution in [1.82, 2.24) is 0 Å². The summed E-state index contributed by atoms with van der Waals surface area (Å²) in [5.74, 6) is 0.674. The summed E-state index contributed by atoms with van der Waals surface area (Å²) in [4.78, 5) is 0. The lowest BCUT2D eigenvalue weighted by Crippen LogP contribution is -2.48. The zero-order valence-electron chi connectivity index (χ0n) is 36.6. The zero-order chi connectivity index (χ0) is 41.8. The standard InChI is InChI=1S/C60H52S/c1-57(2)47-25-14-15-26-48(47)58(3,4)52-33-45-43(31-51(52)57)38-20-11-12-21-39(38)44-32-54-53(34-46(44)45)59(5,6)49-29-28-35(30-50(49)60(54,7)8)36-18-9-10-19-37(36)41-23-17-24-42-40-22-13-16-27-55(40)61-56(41)42/h9-34,49-50H,1-8H3. The largest absolute Gasteiger partial charge is 0.135 e. The fourth-order valence-corrected chi connectivity index (χ4v) is 13.7. The van der Waals surface area contributed by atoms with Crippen LogP contribution in [0.4, 0.5) is 0 Å². The van der Waals surface area contributed by atoms with Crippen LogP contribution in [0.5, 0.6) is 0 Å². The Balaban J connectivity index is 1.05. The Bertz CT molecular complexity index is 3430. The molecule has 0 fully saturated rings. The number of thiophene rings is 1. The number of benzene rings is 8. The van der Waals surface area contributed by atoms with Gasteiger partial charge in [-0.2, -0.15) is 0 Å². The Morgan fingerprint density at radius 2 is 0.836 bits per heavy atom. The first-order valence-corrected chi connectivity index (χ1v) is 23.1. The minimum Gasteiger partial charge on any atom is -0.135 e. The van der Waals surface area contributed by atoms with Crippen molar-refractivity contribution in [3.63, 3.8) is 0 Å². The molecule has 0 saturated carbocycles. The Morgan fingerprint density at radius 1 is 0.377 bits per heavy atom. The van der Waals surface area contributed by atoms with E-state index in [2.05, 4.69) is 213 Å². The van der Waals surface area contributed by atoms with Crippen molar-refractivity contribution in [3.05, 3.63) is 197 Å². The van der Waals surface area contributed by atoms with Crippen LogP contribution in [0.25, 0.3) is 69.2 Å². The average Bonchev–Trinajstić information content (AvgIpc) is 3.66. The van der Waals surface area contributed by atoms with E-state index in [1.54, 1.807) is 0 Å². The summed E-state index contributed by atoms with van der Waals surface area (Å²) < 4.78 is 2.71. The summed E-state index contributed by atoms with van der Waals surface area (Å²) in [6, 6.07) is 53.6. The zero-order valence-corrected chi connectivity index (χ0v) is 37.4. The lowest BCUT2D eigenvalue weighted by atomic mass is 9.51. The molecule has 8 aromatic carbocycles. The Morgan fingerprint density at radius 3 is 1.46 bits per heavy atom. The minimum absolute atomic E-state index is 0.0865. The molecule has 0 amide bonds. The second kappa shape index (κ2) is 12.4. The molecule has 3 aliphatic rings. The molecular weight excluding hydrogens is 753 g/mol. The first-order chi connectivity index (χ1) is 29.3. The third-order valence-corrected chi connectivity index (χ3v) is 17.2. The topological polar surface area (TPSA) is 0 Å². The van der Waals surface area contributed by atoms with Gasteiger partial charge in [-0.15, -0.1) is 11.3 Å². The van der Waals surface area contributed by atoms with Crippen LogP contribution in [0, 0.1) is 11.8 Å². The predicted molar refractivity (Wildman–Crippen MR) is 265 cm³/mol. The predicted octanol–water partition coefficient (Wildman–Crippen LogP) is 16.6. The van der Waals surface area contributed by atoms with Crippen LogP contribution in [0.1, 0.15) is 94.3 Å². The van der Waals surface area contributed by atoms with Gasteiger partial charge in [0, 0.05) is 36.6 Å². The summed E-state index contributed by atoms with van der Waals surface area (Å²) in [5.41, 5.74) is 13.6. The average molecular weight is 805 g/mol. The lowest BCUT2D eigenvalue weighted by Gasteiger charge is -2.53. The molecule has 0 nitrogen and oxygen atoms in total. The van der Waals surface area contributed by atoms with Crippen LogP contribution in [0.3, 0.4) is 0 Å². The van der Waals surface area contributed by atoms with Gasteiger partial charge in [0.1, 0.15) is 0 Å². The van der Waals surface area contributed by atoms with Crippen molar-refractivity contribution in [2.75, 3.05) is 0 Å². The van der Waals surface area contributed by atoms with E-state index in [0.29, 0.717) is 11.8 Å². The summed E-state index contributed by atoms with van der Waals surface area (Å²) in [7, 11) is 0. The Kier molecular flexibility index (Phi) is 7.54. The van der Waals surface area contributed by atoms with Crippen LogP contribution >= 0.6 is 11.3 Å². The maximum Gasteiger partial charge on any atom is 0.0434 e. The molecule has 2 unspecified atom stereocenters. The normalized spacial score (nSPS) is 20.4. The summed E-state index contributed by atoms with van der Waals surface area (Å²) in [6.45, 7) is 19.8. The molecule has 0 spiro atoms. The van der Waals surface area contributed by atoms with E-state index in [0.717, 1.165) is 0 Å². The number of fused-ring (bicyclic) bond motifs is 13. The fraction of sp³-hybridized carbons (Fsp3) is 0.233. The second-order valence-corrected chi connectivity index (χ2v) is 21.6. The van der Waals surface area contributed by atoms with E-state index in [1.807, 2.05) is 11.3 Å². The van der Waals surface area contributed by atoms with Crippen molar-refractivity contribution in [1.29, 1.82) is 0 Å². The maximum atomic E-state index is 2.65. The highest BCUT2D eigenvalue weighted by Gasteiger charge is 2.50. The third-order valence-electron chi connectivity index (χ3n) is 16.0. The van der Waals surface area contributed by atoms with Gasteiger partial charge in [-0.3, -0.25) is 0 Å². The molecule has 2 atom stereocenters. The van der Waals surface area contributed by atoms with Gasteiger partial charge in [0.15, 0.2) is 0 Å². The highest BCUT2D eigenvalue weighted by Crippen LogP contribution is 2.58. The molecule has 0 bridgehead atoms. The van der Waals surface area contributed by atoms with Crippen LogP contribution in [0.2, 0.25) is 0 Å². The van der Waals surface area contributed by atoms with Crippen molar-refractivity contribution in [2.45, 2.75) is 77.0 Å². The van der Waals surface area contributed by atoms with Gasteiger partial charge in [0.25, 0.3) is 0 Å². The molecule has 0 N–H and O–H groups in total. The molecule has 0 radical (unpaired) electrons. The lowest BCUT2D eigenvalue weighted by molar-refractivity contribution is 0.191. The molecule has 0 aliphatic heterocycles. The molecule has 1 heterocycles. The van der Waals surface area contributed by atoms with E-state index in [-0.39, 0.29) is 21.7 Å². The number of rotatable bonds is 2. The van der Waals surface area contributed by atoms with Gasteiger partial charge < -0.3 is 0 Å². The summed E-state index contributed by atoms with van der Waals surface area (Å²) >= 11 is 1.92. The van der Waals surface area contributed by atoms with E-state index >= 15 is 0 Å². The monoisotopic (exact) mass is 804 g/mol. The van der Waals surface area contributed by atoms with Crippen LogP contribution in [0.15, 0.2) is 158 Å². The Labute approximate surface area is 364 Å². The van der Waals surface area contributed by atoms with Crippen LogP contribution in [-0.2, 0) is 21.7 Å².